The Morgan fingerprint density at radius 2 is 1.62 bits per heavy atom. The molecule has 1 aliphatic rings. The van der Waals surface area contributed by atoms with Crippen molar-refractivity contribution in [2.24, 2.45) is 5.92 Å². The smallest absolute Gasteiger partial charge is 0.408 e. The first kappa shape index (κ1) is 35.2. The molecule has 7 nitrogen and oxygen atoms in total. The Kier molecular flexibility index (Phi) is 14.9. The van der Waals surface area contributed by atoms with Crippen molar-refractivity contribution in [3.8, 4) is 12.3 Å². The molecule has 0 heterocycles. The predicted molar refractivity (Wildman–Crippen MR) is 170 cm³/mol. The highest BCUT2D eigenvalue weighted by Crippen LogP contribution is 2.27. The van der Waals surface area contributed by atoms with Gasteiger partial charge >= 0.3 is 6.09 Å². The van der Waals surface area contributed by atoms with Gasteiger partial charge < -0.3 is 20.3 Å². The van der Waals surface area contributed by atoms with Gasteiger partial charge in [-0.2, -0.15) is 0 Å². The zero-order valence-corrected chi connectivity index (χ0v) is 27.0. The molecule has 0 spiro atoms. The van der Waals surface area contributed by atoms with E-state index in [2.05, 4.69) is 23.5 Å². The average molecular weight is 582 g/mol. The summed E-state index contributed by atoms with van der Waals surface area (Å²) < 4.78 is 5.53. The molecule has 3 unspecified atom stereocenters. The van der Waals surface area contributed by atoms with Gasteiger partial charge in [0.05, 0.1) is 0 Å². The van der Waals surface area contributed by atoms with Crippen LogP contribution in [0.2, 0.25) is 0 Å². The quantitative estimate of drug-likeness (QED) is 0.168. The Bertz CT molecular complexity index is 1020. The second-order valence-corrected chi connectivity index (χ2v) is 12.8. The number of carbonyl (C=O) groups is 3. The van der Waals surface area contributed by atoms with Crippen LogP contribution in [-0.4, -0.2) is 47.0 Å². The number of unbranched alkanes of at least 4 members (excludes halogenated alkanes) is 5. The van der Waals surface area contributed by atoms with E-state index in [0.717, 1.165) is 57.8 Å². The second-order valence-electron chi connectivity index (χ2n) is 12.8. The summed E-state index contributed by atoms with van der Waals surface area (Å²) in [4.78, 5) is 43.2. The summed E-state index contributed by atoms with van der Waals surface area (Å²) in [6.07, 6.45) is 17.2. The molecule has 0 bridgehead atoms. The van der Waals surface area contributed by atoms with Gasteiger partial charge in [0.1, 0.15) is 17.7 Å². The molecule has 2 N–H and O–H groups in total. The number of rotatable bonds is 15. The summed E-state index contributed by atoms with van der Waals surface area (Å²) in [5, 5.41) is 6.13. The molecule has 0 saturated heterocycles. The Morgan fingerprint density at radius 1 is 1.00 bits per heavy atom. The van der Waals surface area contributed by atoms with Crippen molar-refractivity contribution < 1.29 is 19.1 Å². The molecule has 1 saturated carbocycles. The minimum atomic E-state index is -0.839. The number of hydrogen-bond acceptors (Lipinski definition) is 4. The van der Waals surface area contributed by atoms with Crippen LogP contribution in [0.25, 0.3) is 0 Å². The maximum atomic E-state index is 14.5. The van der Waals surface area contributed by atoms with Gasteiger partial charge in [-0.05, 0) is 63.6 Å². The minimum Gasteiger partial charge on any atom is -0.444 e. The van der Waals surface area contributed by atoms with Crippen LogP contribution in [0.5, 0.6) is 0 Å². The van der Waals surface area contributed by atoms with Crippen LogP contribution >= 0.6 is 0 Å². The molecule has 1 aromatic carbocycles. The molecule has 7 heteroatoms. The lowest BCUT2D eigenvalue weighted by atomic mass is 9.93. The number of terminal acetylenes is 1. The van der Waals surface area contributed by atoms with Crippen molar-refractivity contribution in [1.82, 2.24) is 15.5 Å². The van der Waals surface area contributed by atoms with Gasteiger partial charge in [0, 0.05) is 18.2 Å². The first-order valence-electron chi connectivity index (χ1n) is 16.2. The van der Waals surface area contributed by atoms with Gasteiger partial charge in [-0.25, -0.2) is 4.79 Å². The lowest BCUT2D eigenvalue weighted by Gasteiger charge is -2.37. The van der Waals surface area contributed by atoms with Crippen molar-refractivity contribution in [1.29, 1.82) is 0 Å². The van der Waals surface area contributed by atoms with Crippen molar-refractivity contribution in [2.75, 3.05) is 6.54 Å². The molecule has 0 aliphatic heterocycles. The first-order valence-corrected chi connectivity index (χ1v) is 16.2. The number of amides is 3. The zero-order chi connectivity index (χ0) is 31.1. The van der Waals surface area contributed by atoms with Gasteiger partial charge in [-0.1, -0.05) is 96.6 Å². The van der Waals surface area contributed by atoms with E-state index in [-0.39, 0.29) is 23.8 Å². The topological polar surface area (TPSA) is 87.7 Å². The second kappa shape index (κ2) is 17.8. The molecular formula is C35H55N3O4. The molecule has 3 atom stereocenters. The van der Waals surface area contributed by atoms with Crippen molar-refractivity contribution in [3.05, 3.63) is 35.4 Å². The molecular weight excluding hydrogens is 526 g/mol. The van der Waals surface area contributed by atoms with E-state index in [0.29, 0.717) is 24.1 Å². The lowest BCUT2D eigenvalue weighted by molar-refractivity contribution is -0.144. The number of ether oxygens (including phenoxy) is 1. The highest BCUT2D eigenvalue weighted by molar-refractivity contribution is 5.92. The highest BCUT2D eigenvalue weighted by Gasteiger charge is 2.38. The normalized spacial score (nSPS) is 16.0. The summed E-state index contributed by atoms with van der Waals surface area (Å²) in [6.45, 7) is 11.9. The van der Waals surface area contributed by atoms with Gasteiger partial charge in [-0.15, -0.1) is 6.42 Å². The number of alkyl carbamates (subject to hydrolysis) is 1. The SMILES string of the molecule is C#Cc1ccc(C(C(=O)NC2CCCCC2)N(CCCCCCCC)C(=O)C(NC(=O)OC(C)(C)C)C(C)CC)cc1. The molecule has 2 rings (SSSR count). The number of benzene rings is 1. The van der Waals surface area contributed by atoms with Crippen LogP contribution in [0.15, 0.2) is 24.3 Å². The van der Waals surface area contributed by atoms with Crippen molar-refractivity contribution >= 4 is 17.9 Å². The Balaban J connectivity index is 2.47. The van der Waals surface area contributed by atoms with E-state index in [1.807, 2.05) is 38.1 Å². The van der Waals surface area contributed by atoms with E-state index in [1.165, 1.54) is 12.8 Å². The van der Waals surface area contributed by atoms with Crippen LogP contribution in [-0.2, 0) is 14.3 Å². The monoisotopic (exact) mass is 581 g/mol. The summed E-state index contributed by atoms with van der Waals surface area (Å²) in [7, 11) is 0. The predicted octanol–water partition coefficient (Wildman–Crippen LogP) is 7.29. The van der Waals surface area contributed by atoms with Gasteiger partial charge in [-0.3, -0.25) is 9.59 Å². The highest BCUT2D eigenvalue weighted by atomic mass is 16.6. The van der Waals surface area contributed by atoms with Crippen LogP contribution < -0.4 is 10.6 Å². The Hall–Kier alpha value is -3.01. The Morgan fingerprint density at radius 3 is 2.19 bits per heavy atom. The number of hydrogen-bond donors (Lipinski definition) is 2. The number of carbonyl (C=O) groups excluding carboxylic acids is 3. The van der Waals surface area contributed by atoms with E-state index >= 15 is 0 Å². The van der Waals surface area contributed by atoms with E-state index in [1.54, 1.807) is 25.7 Å². The summed E-state index contributed by atoms with van der Waals surface area (Å²) in [6, 6.07) is 5.75. The third kappa shape index (κ3) is 11.7. The molecule has 234 valence electrons. The maximum Gasteiger partial charge on any atom is 0.408 e. The molecule has 1 aromatic rings. The van der Waals surface area contributed by atoms with E-state index in [9.17, 15) is 14.4 Å². The third-order valence-corrected chi connectivity index (χ3v) is 8.09. The summed E-state index contributed by atoms with van der Waals surface area (Å²) in [5.74, 6) is 2.02. The number of nitrogens with one attached hydrogen (secondary N) is 2. The van der Waals surface area contributed by atoms with Gasteiger partial charge in [0.25, 0.3) is 0 Å². The lowest BCUT2D eigenvalue weighted by Crippen LogP contribution is -2.56. The molecule has 1 aliphatic carbocycles. The number of nitrogens with zero attached hydrogens (tertiary/aromatic N) is 1. The van der Waals surface area contributed by atoms with Crippen molar-refractivity contribution in [3.63, 3.8) is 0 Å². The van der Waals surface area contributed by atoms with Gasteiger partial charge in [0.15, 0.2) is 0 Å². The molecule has 0 radical (unpaired) electrons. The largest absolute Gasteiger partial charge is 0.444 e. The Labute approximate surface area is 254 Å². The molecule has 1 fully saturated rings. The maximum absolute atomic E-state index is 14.5. The summed E-state index contributed by atoms with van der Waals surface area (Å²) >= 11 is 0. The third-order valence-electron chi connectivity index (χ3n) is 8.09. The molecule has 42 heavy (non-hydrogen) atoms. The fraction of sp³-hybridized carbons (Fsp3) is 0.686. The fourth-order valence-electron chi connectivity index (χ4n) is 5.49. The van der Waals surface area contributed by atoms with Crippen LogP contribution in [0.3, 0.4) is 0 Å². The van der Waals surface area contributed by atoms with Crippen LogP contribution in [0, 0.1) is 18.3 Å². The minimum absolute atomic E-state index is 0.0926. The average Bonchev–Trinajstić information content (AvgIpc) is 2.96. The molecule has 0 aromatic heterocycles. The summed E-state index contributed by atoms with van der Waals surface area (Å²) in [5.41, 5.74) is 0.719. The van der Waals surface area contributed by atoms with Crippen molar-refractivity contribution in [2.45, 2.75) is 142 Å². The zero-order valence-electron chi connectivity index (χ0n) is 27.0. The molecule has 3 amide bonds. The van der Waals surface area contributed by atoms with E-state index < -0.39 is 23.8 Å². The standard InChI is InChI=1S/C35H55N3O4/c1-8-11-12-13-14-18-25-38(33(40)30(26(4)9-2)37-34(41)42-35(5,6)7)31(28-23-21-27(10-3)22-24-28)32(39)36-29-19-16-15-17-20-29/h3,21-24,26,29-31H,8-9,11-20,25H2,1-2,4-7H3,(H,36,39)(H,37,41). The first-order chi connectivity index (χ1) is 20.0. The van der Waals surface area contributed by atoms with Crippen LogP contribution in [0.1, 0.15) is 136 Å². The van der Waals surface area contributed by atoms with Crippen LogP contribution in [0.4, 0.5) is 4.79 Å². The van der Waals surface area contributed by atoms with Gasteiger partial charge in [0.2, 0.25) is 11.8 Å². The fourth-order valence-corrected chi connectivity index (χ4v) is 5.49. The van der Waals surface area contributed by atoms with E-state index in [4.69, 9.17) is 11.2 Å².